The van der Waals surface area contributed by atoms with Crippen LogP contribution in [0.4, 0.5) is 0 Å². The number of rotatable bonds is 1. The minimum absolute atomic E-state index is 0.00333. The van der Waals surface area contributed by atoms with Gasteiger partial charge < -0.3 is 9.64 Å². The first-order valence-corrected chi connectivity index (χ1v) is 8.38. The van der Waals surface area contributed by atoms with Crippen LogP contribution in [-0.2, 0) is 9.53 Å². The van der Waals surface area contributed by atoms with Crippen LogP contribution in [0.3, 0.4) is 0 Å². The molecule has 4 bridgehead atoms. The van der Waals surface area contributed by atoms with Gasteiger partial charge in [0.2, 0.25) is 5.91 Å². The molecule has 1 saturated heterocycles. The van der Waals surface area contributed by atoms with E-state index in [4.69, 9.17) is 4.74 Å². The van der Waals surface area contributed by atoms with Crippen LogP contribution in [0.5, 0.6) is 0 Å². The van der Waals surface area contributed by atoms with E-state index < -0.39 is 0 Å². The molecule has 0 unspecified atom stereocenters. The summed E-state index contributed by atoms with van der Waals surface area (Å²) in [5, 5.41) is 0. The number of carbonyl (C=O) groups is 1. The van der Waals surface area contributed by atoms with Gasteiger partial charge in [-0.1, -0.05) is 0 Å². The molecular formula is C17H27NO2. The molecule has 3 nitrogen and oxygen atoms in total. The molecule has 1 amide bonds. The van der Waals surface area contributed by atoms with Crippen molar-refractivity contribution in [3.8, 4) is 0 Å². The van der Waals surface area contributed by atoms with Crippen LogP contribution in [-0.4, -0.2) is 36.1 Å². The van der Waals surface area contributed by atoms with Crippen LogP contribution in [0, 0.1) is 23.2 Å². The second-order valence-corrected chi connectivity index (χ2v) is 8.52. The lowest BCUT2D eigenvalue weighted by molar-refractivity contribution is -0.171. The van der Waals surface area contributed by atoms with Gasteiger partial charge in [-0.25, -0.2) is 0 Å². The summed E-state index contributed by atoms with van der Waals surface area (Å²) in [5.74, 6) is 2.99. The fourth-order valence-corrected chi connectivity index (χ4v) is 5.89. The summed E-state index contributed by atoms with van der Waals surface area (Å²) >= 11 is 0. The molecule has 0 atom stereocenters. The number of ether oxygens (including phenoxy) is 1. The van der Waals surface area contributed by atoms with E-state index in [0.717, 1.165) is 24.3 Å². The lowest BCUT2D eigenvalue weighted by Gasteiger charge is -2.58. The Hall–Kier alpha value is -0.570. The highest BCUT2D eigenvalue weighted by molar-refractivity contribution is 5.84. The lowest BCUT2D eigenvalue weighted by Crippen LogP contribution is -2.62. The maximum absolute atomic E-state index is 13.3. The van der Waals surface area contributed by atoms with E-state index in [1.165, 1.54) is 38.5 Å². The molecule has 4 saturated carbocycles. The normalized spacial score (nSPS) is 45.7. The molecule has 112 valence electrons. The van der Waals surface area contributed by atoms with E-state index in [2.05, 4.69) is 18.7 Å². The Balaban J connectivity index is 1.61. The van der Waals surface area contributed by atoms with Crippen LogP contribution in [0.1, 0.15) is 52.4 Å². The smallest absolute Gasteiger partial charge is 0.229 e. The summed E-state index contributed by atoms with van der Waals surface area (Å²) in [7, 11) is 0. The highest BCUT2D eigenvalue weighted by Crippen LogP contribution is 2.60. The highest BCUT2D eigenvalue weighted by atomic mass is 16.5. The van der Waals surface area contributed by atoms with Crippen molar-refractivity contribution in [1.82, 2.24) is 4.90 Å². The number of carbonyl (C=O) groups excluding carboxylic acids is 1. The predicted molar refractivity (Wildman–Crippen MR) is 77.2 cm³/mol. The second-order valence-electron chi connectivity index (χ2n) is 8.52. The van der Waals surface area contributed by atoms with Crippen LogP contribution in [0.15, 0.2) is 0 Å². The van der Waals surface area contributed by atoms with Gasteiger partial charge in [-0.05, 0) is 70.1 Å². The van der Waals surface area contributed by atoms with Crippen molar-refractivity contribution in [3.63, 3.8) is 0 Å². The Bertz CT molecular complexity index is 393. The van der Waals surface area contributed by atoms with Crippen molar-refractivity contribution >= 4 is 5.91 Å². The van der Waals surface area contributed by atoms with E-state index in [-0.39, 0.29) is 11.0 Å². The second kappa shape index (κ2) is 4.22. The van der Waals surface area contributed by atoms with Crippen LogP contribution >= 0.6 is 0 Å². The summed E-state index contributed by atoms with van der Waals surface area (Å²) in [6.07, 6.45) is 7.72. The third kappa shape index (κ3) is 1.85. The minimum atomic E-state index is -0.126. The topological polar surface area (TPSA) is 29.5 Å². The molecule has 5 fully saturated rings. The summed E-state index contributed by atoms with van der Waals surface area (Å²) in [6, 6.07) is 0. The van der Waals surface area contributed by atoms with Gasteiger partial charge in [-0.2, -0.15) is 0 Å². The average molecular weight is 277 g/mol. The standard InChI is InChI=1S/C17H27NO2/c1-16(2)11-20-4-3-18(16)15(19)17-8-12-5-13(9-17)7-14(6-12)10-17/h12-14H,3-11H2,1-2H3. The zero-order chi connectivity index (χ0) is 14.0. The fourth-order valence-electron chi connectivity index (χ4n) is 5.89. The predicted octanol–water partition coefficient (Wildman–Crippen LogP) is 2.84. The number of nitrogens with zero attached hydrogens (tertiary/aromatic N) is 1. The molecule has 20 heavy (non-hydrogen) atoms. The number of amides is 1. The summed E-state index contributed by atoms with van der Waals surface area (Å²) in [5.41, 5.74) is -0.123. The molecule has 0 aromatic heterocycles. The SMILES string of the molecule is CC1(C)COCCN1C(=O)C12CC3CC(CC(C3)C1)C2. The van der Waals surface area contributed by atoms with E-state index >= 15 is 0 Å². The molecule has 1 heterocycles. The van der Waals surface area contributed by atoms with Gasteiger partial charge in [0.1, 0.15) is 0 Å². The largest absolute Gasteiger partial charge is 0.377 e. The highest BCUT2D eigenvalue weighted by Gasteiger charge is 2.56. The van der Waals surface area contributed by atoms with Gasteiger partial charge in [0.25, 0.3) is 0 Å². The fraction of sp³-hybridized carbons (Fsp3) is 0.941. The van der Waals surface area contributed by atoms with Crippen molar-refractivity contribution < 1.29 is 9.53 Å². The minimum Gasteiger partial charge on any atom is -0.377 e. The van der Waals surface area contributed by atoms with Gasteiger partial charge in [0.15, 0.2) is 0 Å². The maximum atomic E-state index is 13.3. The first-order chi connectivity index (χ1) is 9.48. The van der Waals surface area contributed by atoms with Crippen molar-refractivity contribution in [3.05, 3.63) is 0 Å². The Kier molecular flexibility index (Phi) is 2.77. The van der Waals surface area contributed by atoms with Gasteiger partial charge in [0.05, 0.1) is 24.2 Å². The van der Waals surface area contributed by atoms with Crippen molar-refractivity contribution in [1.29, 1.82) is 0 Å². The van der Waals surface area contributed by atoms with Gasteiger partial charge in [0, 0.05) is 6.54 Å². The quantitative estimate of drug-likeness (QED) is 0.737. The van der Waals surface area contributed by atoms with Crippen molar-refractivity contribution in [2.75, 3.05) is 19.8 Å². The molecular weight excluding hydrogens is 250 g/mol. The van der Waals surface area contributed by atoms with E-state index in [1.807, 2.05) is 0 Å². The Labute approximate surface area is 122 Å². The number of morpholine rings is 1. The molecule has 3 heteroatoms. The summed E-state index contributed by atoms with van der Waals surface area (Å²) in [4.78, 5) is 15.5. The number of hydrogen-bond donors (Lipinski definition) is 0. The van der Waals surface area contributed by atoms with E-state index in [9.17, 15) is 4.79 Å². The molecule has 0 spiro atoms. The molecule has 0 aromatic carbocycles. The molecule has 1 aliphatic heterocycles. The zero-order valence-electron chi connectivity index (χ0n) is 12.9. The Morgan fingerprint density at radius 1 is 1.05 bits per heavy atom. The van der Waals surface area contributed by atoms with Crippen molar-refractivity contribution in [2.24, 2.45) is 23.2 Å². The average Bonchev–Trinajstić information content (AvgIpc) is 2.36. The third-order valence-corrected chi connectivity index (χ3v) is 6.38. The molecule has 5 aliphatic rings. The van der Waals surface area contributed by atoms with Gasteiger partial charge in [-0.3, -0.25) is 4.79 Å². The molecule has 0 aromatic rings. The molecule has 4 aliphatic carbocycles. The van der Waals surface area contributed by atoms with Crippen LogP contribution < -0.4 is 0 Å². The first-order valence-electron chi connectivity index (χ1n) is 8.38. The Morgan fingerprint density at radius 3 is 2.10 bits per heavy atom. The van der Waals surface area contributed by atoms with Crippen LogP contribution in [0.25, 0.3) is 0 Å². The molecule has 5 rings (SSSR count). The molecule has 0 radical (unpaired) electrons. The number of hydrogen-bond acceptors (Lipinski definition) is 2. The maximum Gasteiger partial charge on any atom is 0.229 e. The van der Waals surface area contributed by atoms with E-state index in [0.29, 0.717) is 19.1 Å². The molecule has 0 N–H and O–H groups in total. The monoisotopic (exact) mass is 277 g/mol. The first kappa shape index (κ1) is 13.1. The van der Waals surface area contributed by atoms with E-state index in [1.54, 1.807) is 0 Å². The van der Waals surface area contributed by atoms with Crippen molar-refractivity contribution in [2.45, 2.75) is 57.9 Å². The Morgan fingerprint density at radius 2 is 1.60 bits per heavy atom. The summed E-state index contributed by atoms with van der Waals surface area (Å²) < 4.78 is 5.59. The lowest BCUT2D eigenvalue weighted by atomic mass is 9.49. The van der Waals surface area contributed by atoms with Crippen LogP contribution in [0.2, 0.25) is 0 Å². The van der Waals surface area contributed by atoms with Gasteiger partial charge >= 0.3 is 0 Å². The third-order valence-electron chi connectivity index (χ3n) is 6.38. The van der Waals surface area contributed by atoms with Gasteiger partial charge in [-0.15, -0.1) is 0 Å². The summed E-state index contributed by atoms with van der Waals surface area (Å²) in [6.45, 7) is 6.50. The zero-order valence-corrected chi connectivity index (χ0v) is 12.9.